The molecule has 2 heteroatoms. The molecule has 1 unspecified atom stereocenters. The molecule has 0 aliphatic heterocycles. The average molecular weight is 208 g/mol. The lowest BCUT2D eigenvalue weighted by Crippen LogP contribution is -2.41. The van der Waals surface area contributed by atoms with Gasteiger partial charge in [0.05, 0.1) is 0 Å². The zero-order chi connectivity index (χ0) is 10.8. The van der Waals surface area contributed by atoms with E-state index in [1.807, 2.05) is 13.1 Å². The van der Waals surface area contributed by atoms with Gasteiger partial charge >= 0.3 is 0 Å². The van der Waals surface area contributed by atoms with E-state index in [0.717, 1.165) is 5.19 Å². The smallest absolute Gasteiger partial charge is 0.213 e. The molecule has 78 valence electrons. The quantitative estimate of drug-likeness (QED) is 0.757. The molecule has 1 aromatic rings. The summed E-state index contributed by atoms with van der Waals surface area (Å²) in [6.07, 6.45) is 1.17. The van der Waals surface area contributed by atoms with E-state index in [9.17, 15) is 4.80 Å². The fourth-order valence-corrected chi connectivity index (χ4v) is 2.44. The summed E-state index contributed by atoms with van der Waals surface area (Å²) in [5.74, 6) is 0.618. The summed E-state index contributed by atoms with van der Waals surface area (Å²) in [4.78, 5) is 9.91. The van der Waals surface area contributed by atoms with Gasteiger partial charge in [0.15, 0.2) is 0 Å². The number of benzene rings is 1. The Hall–Kier alpha value is -0.603. The Balaban J connectivity index is 2.89. The highest BCUT2D eigenvalue weighted by molar-refractivity contribution is 6.83. The van der Waals surface area contributed by atoms with Crippen LogP contribution in [0.4, 0.5) is 0 Å². The number of hydrogen-bond donors (Lipinski definition) is 1. The van der Waals surface area contributed by atoms with Crippen LogP contribution in [-0.4, -0.2) is 13.1 Å². The summed E-state index contributed by atoms with van der Waals surface area (Å²) >= 11 is 0. The van der Waals surface area contributed by atoms with Crippen molar-refractivity contribution in [1.29, 1.82) is 0 Å². The molecular formula is C12H20OSi. The topological polar surface area (TPSA) is 20.2 Å². The molecule has 0 heterocycles. The second-order valence-electron chi connectivity index (χ2n) is 4.49. The van der Waals surface area contributed by atoms with Crippen molar-refractivity contribution in [3.05, 3.63) is 29.8 Å². The van der Waals surface area contributed by atoms with Crippen LogP contribution >= 0.6 is 0 Å². The highest BCUT2D eigenvalue weighted by Gasteiger charge is 2.19. The molecule has 0 fully saturated rings. The van der Waals surface area contributed by atoms with E-state index in [4.69, 9.17) is 0 Å². The molecule has 1 aromatic carbocycles. The Morgan fingerprint density at radius 3 is 2.07 bits per heavy atom. The fourth-order valence-electron chi connectivity index (χ4n) is 1.46. The van der Waals surface area contributed by atoms with Gasteiger partial charge in [-0.05, 0) is 36.2 Å². The highest BCUT2D eigenvalue weighted by Crippen LogP contribution is 2.17. The third-order valence-corrected chi connectivity index (χ3v) is 4.54. The maximum atomic E-state index is 9.91. The summed E-state index contributed by atoms with van der Waals surface area (Å²) in [7, 11) is -2.10. The van der Waals surface area contributed by atoms with E-state index >= 15 is 0 Å². The maximum absolute atomic E-state index is 9.91. The first kappa shape index (κ1) is 11.5. The minimum absolute atomic E-state index is 0.618. The third-order valence-electron chi connectivity index (χ3n) is 2.80. The van der Waals surface area contributed by atoms with E-state index in [1.165, 1.54) is 12.0 Å². The summed E-state index contributed by atoms with van der Waals surface area (Å²) < 4.78 is 0. The zero-order valence-electron chi connectivity index (χ0n) is 9.54. The molecule has 14 heavy (non-hydrogen) atoms. The molecule has 0 aliphatic carbocycles. The van der Waals surface area contributed by atoms with Gasteiger partial charge in [-0.1, -0.05) is 38.1 Å². The maximum Gasteiger partial charge on any atom is 0.213 e. The molecule has 0 aromatic heterocycles. The van der Waals surface area contributed by atoms with Crippen molar-refractivity contribution >= 4 is 13.5 Å². The van der Waals surface area contributed by atoms with Crippen molar-refractivity contribution in [2.24, 2.45) is 0 Å². The van der Waals surface area contributed by atoms with Crippen molar-refractivity contribution in [1.82, 2.24) is 0 Å². The second-order valence-corrected chi connectivity index (χ2v) is 8.19. The molecule has 0 saturated heterocycles. The lowest BCUT2D eigenvalue weighted by atomic mass is 9.99. The van der Waals surface area contributed by atoms with Crippen molar-refractivity contribution < 1.29 is 4.80 Å². The predicted octanol–water partition coefficient (Wildman–Crippen LogP) is 2.60. The van der Waals surface area contributed by atoms with Crippen LogP contribution in [0.3, 0.4) is 0 Å². The predicted molar refractivity (Wildman–Crippen MR) is 64.5 cm³/mol. The van der Waals surface area contributed by atoms with E-state index in [1.54, 1.807) is 0 Å². The molecule has 0 amide bonds. The lowest BCUT2D eigenvalue weighted by molar-refractivity contribution is 0.568. The van der Waals surface area contributed by atoms with Crippen LogP contribution in [0, 0.1) is 0 Å². The zero-order valence-corrected chi connectivity index (χ0v) is 10.5. The van der Waals surface area contributed by atoms with Crippen LogP contribution in [0.5, 0.6) is 0 Å². The van der Waals surface area contributed by atoms with E-state index in [-0.39, 0.29) is 0 Å². The van der Waals surface area contributed by atoms with E-state index in [2.05, 4.69) is 38.1 Å². The van der Waals surface area contributed by atoms with Crippen LogP contribution < -0.4 is 5.19 Å². The molecule has 0 bridgehead atoms. The van der Waals surface area contributed by atoms with Crippen LogP contribution in [0.2, 0.25) is 13.1 Å². The Bertz CT molecular complexity index is 284. The van der Waals surface area contributed by atoms with E-state index < -0.39 is 8.32 Å². The first-order valence-corrected chi connectivity index (χ1v) is 8.22. The van der Waals surface area contributed by atoms with Gasteiger partial charge in [0.2, 0.25) is 8.32 Å². The van der Waals surface area contributed by atoms with Gasteiger partial charge in [-0.3, -0.25) is 0 Å². The van der Waals surface area contributed by atoms with Gasteiger partial charge < -0.3 is 4.80 Å². The first-order valence-electron chi connectivity index (χ1n) is 5.28. The van der Waals surface area contributed by atoms with Gasteiger partial charge in [-0.25, -0.2) is 0 Å². The standard InChI is InChI=1S/C12H20OSi/c1-5-10(2)11-6-8-12(9-7-11)14(3,4)13/h6-10,13H,5H2,1-4H3. The van der Waals surface area contributed by atoms with Crippen molar-refractivity contribution in [3.8, 4) is 0 Å². The Morgan fingerprint density at radius 2 is 1.71 bits per heavy atom. The Morgan fingerprint density at radius 1 is 1.21 bits per heavy atom. The van der Waals surface area contributed by atoms with Crippen molar-refractivity contribution in [2.45, 2.75) is 39.3 Å². The molecule has 1 N–H and O–H groups in total. The number of rotatable bonds is 3. The number of hydrogen-bond acceptors (Lipinski definition) is 1. The minimum atomic E-state index is -2.10. The fraction of sp³-hybridized carbons (Fsp3) is 0.500. The highest BCUT2D eigenvalue weighted by atomic mass is 28.4. The molecule has 0 radical (unpaired) electrons. The largest absolute Gasteiger partial charge is 0.428 e. The summed E-state index contributed by atoms with van der Waals surface area (Å²) in [6.45, 7) is 8.33. The monoisotopic (exact) mass is 208 g/mol. The van der Waals surface area contributed by atoms with Crippen molar-refractivity contribution in [2.75, 3.05) is 0 Å². The van der Waals surface area contributed by atoms with Crippen molar-refractivity contribution in [3.63, 3.8) is 0 Å². The van der Waals surface area contributed by atoms with Gasteiger partial charge in [0, 0.05) is 0 Å². The lowest BCUT2D eigenvalue weighted by Gasteiger charge is -2.16. The molecule has 1 nitrogen and oxygen atoms in total. The second kappa shape index (κ2) is 4.28. The van der Waals surface area contributed by atoms with Gasteiger partial charge in [-0.2, -0.15) is 0 Å². The van der Waals surface area contributed by atoms with Crippen LogP contribution in [-0.2, 0) is 0 Å². The average Bonchev–Trinajstić information content (AvgIpc) is 2.15. The molecule has 0 spiro atoms. The molecular weight excluding hydrogens is 188 g/mol. The summed E-state index contributed by atoms with van der Waals surface area (Å²) in [6, 6.07) is 8.45. The van der Waals surface area contributed by atoms with Crippen LogP contribution in [0.15, 0.2) is 24.3 Å². The SMILES string of the molecule is CCC(C)c1ccc([Si](C)(C)O)cc1. The van der Waals surface area contributed by atoms with Crippen LogP contribution in [0.1, 0.15) is 31.7 Å². The minimum Gasteiger partial charge on any atom is -0.428 e. The Kier molecular flexibility index (Phi) is 3.51. The molecule has 0 aliphatic rings. The first-order chi connectivity index (χ1) is 6.45. The normalized spacial score (nSPS) is 14.1. The Labute approximate surface area is 87.9 Å². The van der Waals surface area contributed by atoms with E-state index in [0.29, 0.717) is 5.92 Å². The van der Waals surface area contributed by atoms with Crippen LogP contribution in [0.25, 0.3) is 0 Å². The third kappa shape index (κ3) is 2.69. The van der Waals surface area contributed by atoms with Gasteiger partial charge in [-0.15, -0.1) is 0 Å². The molecule has 0 saturated carbocycles. The molecule has 1 atom stereocenters. The summed E-state index contributed by atoms with van der Waals surface area (Å²) in [5.41, 5.74) is 1.37. The van der Waals surface area contributed by atoms with Gasteiger partial charge in [0.1, 0.15) is 0 Å². The molecule has 1 rings (SSSR count). The summed E-state index contributed by atoms with van der Waals surface area (Å²) in [5, 5.41) is 1.12. The van der Waals surface area contributed by atoms with Gasteiger partial charge in [0.25, 0.3) is 0 Å².